The van der Waals surface area contributed by atoms with Crippen molar-refractivity contribution in [1.29, 1.82) is 0 Å². The van der Waals surface area contributed by atoms with Crippen molar-refractivity contribution in [1.82, 2.24) is 9.80 Å². The van der Waals surface area contributed by atoms with E-state index in [-0.39, 0.29) is 5.91 Å². The molecule has 0 bridgehead atoms. The minimum Gasteiger partial charge on any atom is -0.372 e. The van der Waals surface area contributed by atoms with Crippen LogP contribution in [0.4, 0.5) is 11.4 Å². The molecule has 0 aromatic heterocycles. The summed E-state index contributed by atoms with van der Waals surface area (Å²) in [5, 5.41) is 3.01. The van der Waals surface area contributed by atoms with E-state index in [1.807, 2.05) is 12.1 Å². The Morgan fingerprint density at radius 1 is 1.00 bits per heavy atom. The van der Waals surface area contributed by atoms with E-state index in [2.05, 4.69) is 52.9 Å². The molecule has 1 amide bonds. The van der Waals surface area contributed by atoms with Crippen molar-refractivity contribution in [3.05, 3.63) is 24.3 Å². The predicted molar refractivity (Wildman–Crippen MR) is 102 cm³/mol. The van der Waals surface area contributed by atoms with Crippen LogP contribution in [0.3, 0.4) is 0 Å². The molecule has 1 heterocycles. The third-order valence-corrected chi connectivity index (χ3v) is 4.85. The Morgan fingerprint density at radius 3 is 2.12 bits per heavy atom. The first-order valence-electron chi connectivity index (χ1n) is 9.25. The molecule has 0 spiro atoms. The Hall–Kier alpha value is -1.59. The van der Waals surface area contributed by atoms with Crippen LogP contribution in [-0.2, 0) is 4.79 Å². The van der Waals surface area contributed by atoms with Gasteiger partial charge in [-0.2, -0.15) is 0 Å². The maximum atomic E-state index is 12.1. The van der Waals surface area contributed by atoms with E-state index < -0.39 is 0 Å². The predicted octanol–water partition coefficient (Wildman–Crippen LogP) is 2.50. The molecule has 0 atom stereocenters. The second-order valence-corrected chi connectivity index (χ2v) is 6.29. The lowest BCUT2D eigenvalue weighted by Gasteiger charge is -2.33. The summed E-state index contributed by atoms with van der Waals surface area (Å²) >= 11 is 0. The molecule has 1 fully saturated rings. The zero-order chi connectivity index (χ0) is 17.4. The minimum atomic E-state index is 0.100. The van der Waals surface area contributed by atoms with Gasteiger partial charge in [0.25, 0.3) is 0 Å². The van der Waals surface area contributed by atoms with Crippen LogP contribution < -0.4 is 10.2 Å². The quantitative estimate of drug-likeness (QED) is 0.794. The van der Waals surface area contributed by atoms with Crippen molar-refractivity contribution >= 4 is 17.3 Å². The van der Waals surface area contributed by atoms with Crippen LogP contribution in [0.25, 0.3) is 0 Å². The Balaban J connectivity index is 1.74. The molecule has 0 unspecified atom stereocenters. The van der Waals surface area contributed by atoms with Crippen molar-refractivity contribution in [3.8, 4) is 0 Å². The fourth-order valence-corrected chi connectivity index (χ4v) is 3.16. The third-order valence-electron chi connectivity index (χ3n) is 4.85. The van der Waals surface area contributed by atoms with Crippen LogP contribution in [0, 0.1) is 0 Å². The summed E-state index contributed by atoms with van der Waals surface area (Å²) < 4.78 is 0. The van der Waals surface area contributed by atoms with Crippen molar-refractivity contribution in [2.45, 2.75) is 27.2 Å². The molecule has 1 aromatic carbocycles. The van der Waals surface area contributed by atoms with Gasteiger partial charge in [0.15, 0.2) is 0 Å². The Morgan fingerprint density at radius 2 is 1.58 bits per heavy atom. The first kappa shape index (κ1) is 18.7. The number of carbonyl (C=O) groups excluding carboxylic acids is 1. The number of nitrogens with zero attached hydrogens (tertiary/aromatic N) is 3. The molecule has 0 saturated carbocycles. The second-order valence-electron chi connectivity index (χ2n) is 6.29. The monoisotopic (exact) mass is 332 g/mol. The average Bonchev–Trinajstić information content (AvgIpc) is 2.63. The van der Waals surface area contributed by atoms with Crippen molar-refractivity contribution < 1.29 is 4.79 Å². The standard InChI is InChI=1S/C19H32N4O/c1-4-21-13-15-22(16-14-21)12-11-19(24)20-17-7-9-18(10-8-17)23(5-2)6-3/h7-10H,4-6,11-16H2,1-3H3,(H,20,24). The summed E-state index contributed by atoms with van der Waals surface area (Å²) in [6, 6.07) is 8.14. The maximum Gasteiger partial charge on any atom is 0.225 e. The van der Waals surface area contributed by atoms with E-state index in [0.717, 1.165) is 58.0 Å². The smallest absolute Gasteiger partial charge is 0.225 e. The zero-order valence-corrected chi connectivity index (χ0v) is 15.4. The van der Waals surface area contributed by atoms with Crippen molar-refractivity contribution in [2.24, 2.45) is 0 Å². The van der Waals surface area contributed by atoms with Crippen LogP contribution in [0.1, 0.15) is 27.2 Å². The van der Waals surface area contributed by atoms with Gasteiger partial charge in [-0.3, -0.25) is 4.79 Å². The average molecular weight is 332 g/mol. The molecule has 1 aliphatic rings. The number of amides is 1. The minimum absolute atomic E-state index is 0.100. The van der Waals surface area contributed by atoms with Gasteiger partial charge in [0.2, 0.25) is 5.91 Å². The number of piperazine rings is 1. The number of benzene rings is 1. The Kier molecular flexibility index (Phi) is 7.53. The van der Waals surface area contributed by atoms with Crippen LogP contribution in [0.2, 0.25) is 0 Å². The summed E-state index contributed by atoms with van der Waals surface area (Å²) in [6.45, 7) is 14.8. The highest BCUT2D eigenvalue weighted by Crippen LogP contribution is 2.17. The summed E-state index contributed by atoms with van der Waals surface area (Å²) in [7, 11) is 0. The zero-order valence-electron chi connectivity index (χ0n) is 15.4. The van der Waals surface area contributed by atoms with Gasteiger partial charge in [-0.15, -0.1) is 0 Å². The summed E-state index contributed by atoms with van der Waals surface area (Å²) in [5.41, 5.74) is 2.08. The van der Waals surface area contributed by atoms with Crippen LogP contribution in [0.15, 0.2) is 24.3 Å². The summed E-state index contributed by atoms with van der Waals surface area (Å²) in [6.07, 6.45) is 0.559. The highest BCUT2D eigenvalue weighted by molar-refractivity contribution is 5.91. The van der Waals surface area contributed by atoms with E-state index in [0.29, 0.717) is 6.42 Å². The van der Waals surface area contributed by atoms with Gasteiger partial charge in [0.05, 0.1) is 0 Å². The highest BCUT2D eigenvalue weighted by atomic mass is 16.1. The number of nitrogens with one attached hydrogen (secondary N) is 1. The number of hydrogen-bond donors (Lipinski definition) is 1. The van der Waals surface area contributed by atoms with Gasteiger partial charge < -0.3 is 20.0 Å². The summed E-state index contributed by atoms with van der Waals surface area (Å²) in [4.78, 5) is 19.3. The Bertz CT molecular complexity index is 491. The fraction of sp³-hybridized carbons (Fsp3) is 0.632. The van der Waals surface area contributed by atoms with Crippen LogP contribution in [-0.4, -0.2) is 68.1 Å². The van der Waals surface area contributed by atoms with Crippen molar-refractivity contribution in [3.63, 3.8) is 0 Å². The van der Waals surface area contributed by atoms with E-state index in [9.17, 15) is 4.79 Å². The molecule has 1 aliphatic heterocycles. The number of likely N-dealkylation sites (N-methyl/N-ethyl adjacent to an activating group) is 1. The first-order chi connectivity index (χ1) is 11.7. The van der Waals surface area contributed by atoms with Gasteiger partial charge in [-0.25, -0.2) is 0 Å². The fourth-order valence-electron chi connectivity index (χ4n) is 3.16. The molecule has 5 nitrogen and oxygen atoms in total. The molecule has 134 valence electrons. The van der Waals surface area contributed by atoms with Crippen molar-refractivity contribution in [2.75, 3.05) is 62.6 Å². The van der Waals surface area contributed by atoms with Gasteiger partial charge >= 0.3 is 0 Å². The maximum absolute atomic E-state index is 12.1. The molecule has 2 rings (SSSR count). The van der Waals surface area contributed by atoms with Crippen LogP contribution in [0.5, 0.6) is 0 Å². The van der Waals surface area contributed by atoms with E-state index in [4.69, 9.17) is 0 Å². The second kappa shape index (κ2) is 9.64. The lowest BCUT2D eigenvalue weighted by Crippen LogP contribution is -2.46. The molecule has 1 aromatic rings. The molecule has 0 radical (unpaired) electrons. The van der Waals surface area contributed by atoms with Gasteiger partial charge in [0, 0.05) is 63.6 Å². The van der Waals surface area contributed by atoms with Gasteiger partial charge in [-0.1, -0.05) is 6.92 Å². The number of anilines is 2. The van der Waals surface area contributed by atoms with Gasteiger partial charge in [0.1, 0.15) is 0 Å². The lowest BCUT2D eigenvalue weighted by atomic mass is 10.2. The largest absolute Gasteiger partial charge is 0.372 e. The summed E-state index contributed by atoms with van der Waals surface area (Å²) in [5.74, 6) is 0.100. The first-order valence-corrected chi connectivity index (χ1v) is 9.25. The topological polar surface area (TPSA) is 38.8 Å². The van der Waals surface area contributed by atoms with E-state index >= 15 is 0 Å². The number of rotatable bonds is 8. The normalized spacial score (nSPS) is 16.1. The SMILES string of the molecule is CCN1CCN(CCC(=O)Nc2ccc(N(CC)CC)cc2)CC1. The molecule has 1 saturated heterocycles. The Labute approximate surface area is 146 Å². The van der Waals surface area contributed by atoms with E-state index in [1.54, 1.807) is 0 Å². The lowest BCUT2D eigenvalue weighted by molar-refractivity contribution is -0.116. The molecule has 1 N–H and O–H groups in total. The van der Waals surface area contributed by atoms with Gasteiger partial charge in [-0.05, 0) is 44.7 Å². The number of hydrogen-bond acceptors (Lipinski definition) is 4. The number of carbonyl (C=O) groups is 1. The molecular weight excluding hydrogens is 300 g/mol. The molecule has 5 heteroatoms. The molecule has 24 heavy (non-hydrogen) atoms. The van der Waals surface area contributed by atoms with E-state index in [1.165, 1.54) is 5.69 Å². The molecular formula is C19H32N4O. The highest BCUT2D eigenvalue weighted by Gasteiger charge is 2.16. The van der Waals surface area contributed by atoms with Crippen LogP contribution >= 0.6 is 0 Å². The molecule has 0 aliphatic carbocycles. The third kappa shape index (κ3) is 5.49.